The summed E-state index contributed by atoms with van der Waals surface area (Å²) in [7, 11) is 6.13. The largest absolute Gasteiger partial charge is 0.465 e. The van der Waals surface area contributed by atoms with Gasteiger partial charge < -0.3 is 20.6 Å². The van der Waals surface area contributed by atoms with Crippen LogP contribution in [0.5, 0.6) is 0 Å². The number of rotatable bonds is 12. The number of unbranched alkanes of at least 4 members (excludes halogenated alkanes) is 2. The molecule has 3 N–H and O–H groups in total. The Labute approximate surface area is 136 Å². The first-order chi connectivity index (χ1) is 10.2. The van der Waals surface area contributed by atoms with Crippen LogP contribution in [0, 0.1) is 0 Å². The first-order valence-electron chi connectivity index (χ1n) is 7.83. The number of amides is 1. The predicted octanol–water partition coefficient (Wildman–Crippen LogP) is 2.49. The Kier molecular flexibility index (Phi) is 11.2. The highest BCUT2D eigenvalue weighted by Gasteiger charge is 2.15. The highest BCUT2D eigenvalue weighted by Crippen LogP contribution is 2.39. The molecule has 1 fully saturated rings. The fourth-order valence-corrected chi connectivity index (χ4v) is 5.25. The zero-order valence-electron chi connectivity index (χ0n) is 13.0. The molecule has 1 heterocycles. The summed E-state index contributed by atoms with van der Waals surface area (Å²) in [6.45, 7) is 4.26. The molecule has 0 aliphatic carbocycles. The number of nitrogens with zero attached hydrogens (tertiary/aromatic N) is 1. The lowest BCUT2D eigenvalue weighted by molar-refractivity contribution is 0.192. The summed E-state index contributed by atoms with van der Waals surface area (Å²) in [4.78, 5) is 12.4. The molecule has 1 aliphatic heterocycles. The van der Waals surface area contributed by atoms with Gasteiger partial charge in [0.15, 0.2) is 0 Å². The average Bonchev–Trinajstić information content (AvgIpc) is 2.94. The van der Waals surface area contributed by atoms with E-state index in [0.29, 0.717) is 6.54 Å². The summed E-state index contributed by atoms with van der Waals surface area (Å²) in [6.07, 6.45) is 5.78. The van der Waals surface area contributed by atoms with Crippen LogP contribution >= 0.6 is 21.6 Å². The summed E-state index contributed by atoms with van der Waals surface area (Å²) >= 11 is 0. The van der Waals surface area contributed by atoms with Crippen LogP contribution in [-0.2, 0) is 0 Å². The summed E-state index contributed by atoms with van der Waals surface area (Å²) in [6, 6.07) is 0. The Morgan fingerprint density at radius 2 is 2.05 bits per heavy atom. The SMILES string of the molecule is CN(CCNCCCCCC1CCSS1)CCNC(=O)O. The zero-order chi connectivity index (χ0) is 15.3. The van der Waals surface area contributed by atoms with Crippen LogP contribution < -0.4 is 10.6 Å². The van der Waals surface area contributed by atoms with Crippen molar-refractivity contribution in [3.63, 3.8) is 0 Å². The number of likely N-dealkylation sites (N-methyl/N-ethyl adjacent to an activating group) is 1. The van der Waals surface area contributed by atoms with E-state index in [-0.39, 0.29) is 0 Å². The molecule has 0 aromatic carbocycles. The second kappa shape index (κ2) is 12.4. The first-order valence-corrected chi connectivity index (χ1v) is 10.2. The molecule has 7 heteroatoms. The molecule has 1 unspecified atom stereocenters. The molecule has 5 nitrogen and oxygen atoms in total. The van der Waals surface area contributed by atoms with Crippen LogP contribution in [0.1, 0.15) is 32.1 Å². The normalized spacial score (nSPS) is 18.3. The number of nitrogens with one attached hydrogen (secondary N) is 2. The van der Waals surface area contributed by atoms with Gasteiger partial charge in [0.2, 0.25) is 0 Å². The van der Waals surface area contributed by atoms with Crippen molar-refractivity contribution in [2.75, 3.05) is 45.5 Å². The highest BCUT2D eigenvalue weighted by atomic mass is 33.1. The maximum absolute atomic E-state index is 10.3. The standard InChI is InChI=1S/C14H29N3O2S2/c1-17(11-9-16-14(18)19)10-8-15-7-4-2-3-5-13-6-12-20-21-13/h13,15-16H,2-12H2,1H3,(H,18,19). The summed E-state index contributed by atoms with van der Waals surface area (Å²) in [5, 5.41) is 15.2. The van der Waals surface area contributed by atoms with Crippen molar-refractivity contribution < 1.29 is 9.90 Å². The Bertz CT molecular complexity index is 277. The van der Waals surface area contributed by atoms with E-state index in [1.54, 1.807) is 0 Å². The van der Waals surface area contributed by atoms with Crippen LogP contribution in [0.25, 0.3) is 0 Å². The Morgan fingerprint density at radius 3 is 2.76 bits per heavy atom. The number of hydrogen-bond acceptors (Lipinski definition) is 5. The Balaban J connectivity index is 1.78. The predicted molar refractivity (Wildman–Crippen MR) is 93.3 cm³/mol. The molecular formula is C14H29N3O2S2. The smallest absolute Gasteiger partial charge is 0.404 e. The quantitative estimate of drug-likeness (QED) is 0.376. The molecule has 1 amide bonds. The van der Waals surface area contributed by atoms with Crippen LogP contribution in [0.3, 0.4) is 0 Å². The lowest BCUT2D eigenvalue weighted by atomic mass is 10.1. The fourth-order valence-electron chi connectivity index (χ4n) is 2.22. The zero-order valence-corrected chi connectivity index (χ0v) is 14.6. The van der Waals surface area contributed by atoms with E-state index in [1.165, 1.54) is 37.9 Å². The summed E-state index contributed by atoms with van der Waals surface area (Å²) < 4.78 is 0. The molecule has 21 heavy (non-hydrogen) atoms. The van der Waals surface area contributed by atoms with Crippen LogP contribution in [0.15, 0.2) is 0 Å². The molecule has 1 atom stereocenters. The van der Waals surface area contributed by atoms with Gasteiger partial charge in [-0.2, -0.15) is 0 Å². The third kappa shape index (κ3) is 11.2. The van der Waals surface area contributed by atoms with Crippen molar-refractivity contribution in [3.8, 4) is 0 Å². The van der Waals surface area contributed by atoms with Gasteiger partial charge in [-0.25, -0.2) is 4.79 Å². The molecular weight excluding hydrogens is 306 g/mol. The van der Waals surface area contributed by atoms with Crippen LogP contribution in [0.4, 0.5) is 4.79 Å². The molecule has 1 saturated heterocycles. The summed E-state index contributed by atoms with van der Waals surface area (Å²) in [5.41, 5.74) is 0. The maximum Gasteiger partial charge on any atom is 0.404 e. The maximum atomic E-state index is 10.3. The topological polar surface area (TPSA) is 64.6 Å². The van der Waals surface area contributed by atoms with E-state index in [4.69, 9.17) is 5.11 Å². The van der Waals surface area contributed by atoms with Crippen molar-refractivity contribution in [1.82, 2.24) is 15.5 Å². The molecule has 0 spiro atoms. The van der Waals surface area contributed by atoms with Gasteiger partial charge in [-0.05, 0) is 32.9 Å². The molecule has 0 aromatic rings. The van der Waals surface area contributed by atoms with E-state index >= 15 is 0 Å². The van der Waals surface area contributed by atoms with Gasteiger partial charge in [0, 0.05) is 37.2 Å². The van der Waals surface area contributed by atoms with E-state index in [9.17, 15) is 4.79 Å². The van der Waals surface area contributed by atoms with Gasteiger partial charge in [-0.3, -0.25) is 0 Å². The molecule has 0 aromatic heterocycles. The van der Waals surface area contributed by atoms with Gasteiger partial charge in [0.05, 0.1) is 0 Å². The van der Waals surface area contributed by atoms with Crippen molar-refractivity contribution in [2.24, 2.45) is 0 Å². The first kappa shape index (κ1) is 18.9. The van der Waals surface area contributed by atoms with Gasteiger partial charge in [-0.15, -0.1) is 0 Å². The van der Waals surface area contributed by atoms with Gasteiger partial charge in [0.25, 0.3) is 0 Å². The molecule has 124 valence electrons. The number of carboxylic acid groups (broad SMARTS) is 1. The van der Waals surface area contributed by atoms with Crippen LogP contribution in [0.2, 0.25) is 0 Å². The van der Waals surface area contributed by atoms with Crippen LogP contribution in [-0.4, -0.2) is 66.9 Å². The van der Waals surface area contributed by atoms with Gasteiger partial charge in [-0.1, -0.05) is 34.4 Å². The molecule has 1 aliphatic rings. The Hall–Kier alpha value is -0.110. The van der Waals surface area contributed by atoms with E-state index in [2.05, 4.69) is 26.3 Å². The monoisotopic (exact) mass is 335 g/mol. The van der Waals surface area contributed by atoms with Crippen molar-refractivity contribution in [3.05, 3.63) is 0 Å². The highest BCUT2D eigenvalue weighted by molar-refractivity contribution is 8.77. The minimum Gasteiger partial charge on any atom is -0.465 e. The van der Waals surface area contributed by atoms with E-state index in [1.807, 2.05) is 17.8 Å². The lowest BCUT2D eigenvalue weighted by Gasteiger charge is -2.16. The Morgan fingerprint density at radius 1 is 1.24 bits per heavy atom. The van der Waals surface area contributed by atoms with Crippen molar-refractivity contribution in [1.29, 1.82) is 0 Å². The van der Waals surface area contributed by atoms with Gasteiger partial charge >= 0.3 is 6.09 Å². The minimum atomic E-state index is -0.948. The fraction of sp³-hybridized carbons (Fsp3) is 0.929. The van der Waals surface area contributed by atoms with E-state index < -0.39 is 6.09 Å². The molecule has 1 rings (SSSR count). The van der Waals surface area contributed by atoms with Crippen molar-refractivity contribution in [2.45, 2.75) is 37.4 Å². The molecule has 0 bridgehead atoms. The van der Waals surface area contributed by atoms with Gasteiger partial charge in [0.1, 0.15) is 0 Å². The number of carbonyl (C=O) groups is 1. The second-order valence-corrected chi connectivity index (χ2v) is 8.25. The average molecular weight is 336 g/mol. The minimum absolute atomic E-state index is 0.489. The second-order valence-electron chi connectivity index (χ2n) is 5.46. The lowest BCUT2D eigenvalue weighted by Crippen LogP contribution is -2.35. The van der Waals surface area contributed by atoms with Crippen molar-refractivity contribution >= 4 is 27.7 Å². The molecule has 0 radical (unpaired) electrons. The van der Waals surface area contributed by atoms with E-state index in [0.717, 1.165) is 31.4 Å². The summed E-state index contributed by atoms with van der Waals surface area (Å²) in [5.74, 6) is 1.34. The third-order valence-electron chi connectivity index (χ3n) is 3.55. The third-order valence-corrected chi connectivity index (χ3v) is 6.55. The number of hydrogen-bond donors (Lipinski definition) is 3. The molecule has 0 saturated carbocycles.